The van der Waals surface area contributed by atoms with Gasteiger partial charge in [-0.3, -0.25) is 19.6 Å². The number of hydrogen-bond acceptors (Lipinski definition) is 4. The molecule has 3 rings (SSSR count). The van der Waals surface area contributed by atoms with Crippen molar-refractivity contribution in [2.75, 3.05) is 65.4 Å². The van der Waals surface area contributed by atoms with Crippen molar-refractivity contribution >= 4 is 0 Å². The molecular formula is C20H34F6N4. The maximum Gasteiger partial charge on any atom is 0.401 e. The highest BCUT2D eigenvalue weighted by molar-refractivity contribution is 4.96. The Morgan fingerprint density at radius 2 is 1.10 bits per heavy atom. The van der Waals surface area contributed by atoms with Crippen molar-refractivity contribution in [3.63, 3.8) is 0 Å². The van der Waals surface area contributed by atoms with Crippen LogP contribution in [0.15, 0.2) is 0 Å². The lowest BCUT2D eigenvalue weighted by atomic mass is 9.67. The number of halogens is 6. The van der Waals surface area contributed by atoms with E-state index < -0.39 is 25.4 Å². The zero-order valence-corrected chi connectivity index (χ0v) is 17.9. The van der Waals surface area contributed by atoms with Crippen molar-refractivity contribution in [2.24, 2.45) is 5.41 Å². The molecule has 10 heteroatoms. The molecular weight excluding hydrogens is 410 g/mol. The molecule has 3 fully saturated rings. The van der Waals surface area contributed by atoms with Gasteiger partial charge in [0.05, 0.1) is 13.1 Å². The van der Waals surface area contributed by atoms with Crippen molar-refractivity contribution < 1.29 is 26.3 Å². The molecule has 0 aromatic rings. The molecule has 2 aliphatic heterocycles. The summed E-state index contributed by atoms with van der Waals surface area (Å²) in [4.78, 5) is 7.59. The number of piperazine rings is 2. The Bertz CT molecular complexity index is 518. The summed E-state index contributed by atoms with van der Waals surface area (Å²) in [5, 5.41) is 0. The van der Waals surface area contributed by atoms with Crippen LogP contribution in [0.3, 0.4) is 0 Å². The quantitative estimate of drug-likeness (QED) is 0.583. The molecule has 2 unspecified atom stereocenters. The van der Waals surface area contributed by atoms with E-state index in [2.05, 4.69) is 9.80 Å². The third-order valence-electron chi connectivity index (χ3n) is 7.00. The first-order valence-electron chi connectivity index (χ1n) is 10.9. The van der Waals surface area contributed by atoms with Gasteiger partial charge in [0.25, 0.3) is 0 Å². The summed E-state index contributed by atoms with van der Waals surface area (Å²) in [5.74, 6) is 0. The zero-order chi connectivity index (χ0) is 22.2. The van der Waals surface area contributed by atoms with Gasteiger partial charge >= 0.3 is 12.4 Å². The van der Waals surface area contributed by atoms with Gasteiger partial charge in [-0.25, -0.2) is 0 Å². The molecule has 1 aliphatic carbocycles. The van der Waals surface area contributed by atoms with Crippen LogP contribution in [0.25, 0.3) is 0 Å². The summed E-state index contributed by atoms with van der Waals surface area (Å²) in [6.45, 7) is 7.12. The second-order valence-electron chi connectivity index (χ2n) is 9.69. The summed E-state index contributed by atoms with van der Waals surface area (Å²) < 4.78 is 76.4. The van der Waals surface area contributed by atoms with Crippen LogP contribution in [0.1, 0.15) is 33.1 Å². The lowest BCUT2D eigenvalue weighted by Gasteiger charge is -2.51. The molecule has 0 bridgehead atoms. The maximum absolute atomic E-state index is 12.7. The Labute approximate surface area is 175 Å². The van der Waals surface area contributed by atoms with Crippen molar-refractivity contribution in [2.45, 2.75) is 57.5 Å². The normalized spacial score (nSPS) is 30.4. The van der Waals surface area contributed by atoms with E-state index in [-0.39, 0.29) is 17.5 Å². The molecule has 0 spiro atoms. The predicted molar refractivity (Wildman–Crippen MR) is 103 cm³/mol. The highest BCUT2D eigenvalue weighted by Gasteiger charge is 2.43. The monoisotopic (exact) mass is 444 g/mol. The molecule has 0 radical (unpaired) electrons. The van der Waals surface area contributed by atoms with Crippen LogP contribution < -0.4 is 0 Å². The predicted octanol–water partition coefficient (Wildman–Crippen LogP) is 3.29. The topological polar surface area (TPSA) is 13.0 Å². The number of hydrogen-bond donors (Lipinski definition) is 0. The average molecular weight is 445 g/mol. The molecule has 0 N–H and O–H groups in total. The molecule has 2 saturated heterocycles. The maximum atomic E-state index is 12.7. The van der Waals surface area contributed by atoms with E-state index in [9.17, 15) is 26.3 Å². The van der Waals surface area contributed by atoms with Crippen LogP contribution in [0.4, 0.5) is 26.3 Å². The van der Waals surface area contributed by atoms with Gasteiger partial charge in [0.1, 0.15) is 0 Å². The van der Waals surface area contributed by atoms with Crippen LogP contribution in [-0.4, -0.2) is 109 Å². The van der Waals surface area contributed by atoms with Gasteiger partial charge in [0.2, 0.25) is 0 Å². The van der Waals surface area contributed by atoms with Crippen LogP contribution in [0, 0.1) is 5.41 Å². The van der Waals surface area contributed by atoms with E-state index in [4.69, 9.17) is 0 Å². The lowest BCUT2D eigenvalue weighted by Crippen LogP contribution is -2.60. The molecule has 3 aliphatic rings. The first-order chi connectivity index (χ1) is 13.8. The fraction of sp³-hybridized carbons (Fsp3) is 1.00. The van der Waals surface area contributed by atoms with Crippen molar-refractivity contribution in [3.8, 4) is 0 Å². The minimum absolute atomic E-state index is 0.123. The molecule has 0 amide bonds. The SMILES string of the molecule is CC1CN(CC2(CN3CCN(CC(F)(F)F)C(C)C3)CCC2)CCN1CC(F)(F)F. The van der Waals surface area contributed by atoms with E-state index in [0.717, 1.165) is 32.4 Å². The number of alkyl halides is 6. The standard InChI is InChI=1S/C20H34F6N4/c1-16-10-27(6-8-29(16)14-19(21,22)23)12-18(4-3-5-18)13-28-7-9-30(17(2)11-28)15-20(24,25)26/h16-17H,3-15H2,1-2H3. The van der Waals surface area contributed by atoms with Crippen LogP contribution in [0.2, 0.25) is 0 Å². The van der Waals surface area contributed by atoms with E-state index in [0.29, 0.717) is 39.3 Å². The molecule has 0 aromatic heterocycles. The highest BCUT2D eigenvalue weighted by atomic mass is 19.4. The molecule has 176 valence electrons. The summed E-state index contributed by atoms with van der Waals surface area (Å²) in [5.41, 5.74) is 0.123. The Balaban J connectivity index is 1.49. The Hall–Kier alpha value is -0.580. The first kappa shape index (κ1) is 24.1. The van der Waals surface area contributed by atoms with Gasteiger partial charge in [-0.05, 0) is 32.1 Å². The van der Waals surface area contributed by atoms with Crippen LogP contribution in [-0.2, 0) is 0 Å². The van der Waals surface area contributed by atoms with Crippen molar-refractivity contribution in [1.29, 1.82) is 0 Å². The second kappa shape index (κ2) is 9.11. The molecule has 30 heavy (non-hydrogen) atoms. The third kappa shape index (κ3) is 6.71. The van der Waals surface area contributed by atoms with Gasteiger partial charge in [-0.1, -0.05) is 6.42 Å². The fourth-order valence-corrected chi connectivity index (χ4v) is 5.35. The minimum atomic E-state index is -4.17. The minimum Gasteiger partial charge on any atom is -0.300 e. The second-order valence-corrected chi connectivity index (χ2v) is 9.69. The highest BCUT2D eigenvalue weighted by Crippen LogP contribution is 2.43. The zero-order valence-electron chi connectivity index (χ0n) is 17.9. The Morgan fingerprint density at radius 3 is 1.37 bits per heavy atom. The fourth-order valence-electron chi connectivity index (χ4n) is 5.35. The van der Waals surface area contributed by atoms with Crippen molar-refractivity contribution in [1.82, 2.24) is 19.6 Å². The molecule has 2 atom stereocenters. The van der Waals surface area contributed by atoms with Gasteiger partial charge in [0, 0.05) is 64.4 Å². The van der Waals surface area contributed by atoms with E-state index in [1.54, 1.807) is 0 Å². The van der Waals surface area contributed by atoms with Crippen LogP contribution >= 0.6 is 0 Å². The van der Waals surface area contributed by atoms with Gasteiger partial charge in [-0.2, -0.15) is 26.3 Å². The lowest BCUT2D eigenvalue weighted by molar-refractivity contribution is -0.157. The summed E-state index contributed by atoms with van der Waals surface area (Å²) >= 11 is 0. The Morgan fingerprint density at radius 1 is 0.700 bits per heavy atom. The summed E-state index contributed by atoms with van der Waals surface area (Å²) in [6, 6.07) is -0.271. The number of nitrogens with zero attached hydrogens (tertiary/aromatic N) is 4. The van der Waals surface area contributed by atoms with E-state index in [1.165, 1.54) is 9.80 Å². The van der Waals surface area contributed by atoms with Crippen LogP contribution in [0.5, 0.6) is 0 Å². The average Bonchev–Trinajstić information content (AvgIpc) is 2.55. The van der Waals surface area contributed by atoms with E-state index in [1.807, 2.05) is 13.8 Å². The molecule has 0 aromatic carbocycles. The Kier molecular flexibility index (Phi) is 7.31. The van der Waals surface area contributed by atoms with Crippen molar-refractivity contribution in [3.05, 3.63) is 0 Å². The number of rotatable bonds is 6. The smallest absolute Gasteiger partial charge is 0.300 e. The summed E-state index contributed by atoms with van der Waals surface area (Å²) in [7, 11) is 0. The summed E-state index contributed by atoms with van der Waals surface area (Å²) in [6.07, 6.45) is -5.02. The first-order valence-corrected chi connectivity index (χ1v) is 10.9. The van der Waals surface area contributed by atoms with Gasteiger partial charge in [-0.15, -0.1) is 0 Å². The molecule has 2 heterocycles. The van der Waals surface area contributed by atoms with Gasteiger partial charge in [0.15, 0.2) is 0 Å². The van der Waals surface area contributed by atoms with Gasteiger partial charge < -0.3 is 0 Å². The largest absolute Gasteiger partial charge is 0.401 e. The molecule has 4 nitrogen and oxygen atoms in total. The third-order valence-corrected chi connectivity index (χ3v) is 7.00. The van der Waals surface area contributed by atoms with E-state index >= 15 is 0 Å². The molecule has 1 saturated carbocycles.